The maximum atomic E-state index is 12.3. The minimum atomic E-state index is -4.45. The van der Waals surface area contributed by atoms with Gasteiger partial charge in [0.15, 0.2) is 0 Å². The van der Waals surface area contributed by atoms with E-state index in [4.69, 9.17) is 28.3 Å². The fourth-order valence-electron chi connectivity index (χ4n) is 1.54. The summed E-state index contributed by atoms with van der Waals surface area (Å²) in [5.41, 5.74) is -0.0997. The smallest absolute Gasteiger partial charge is 0.390 e. The first-order valence-corrected chi connectivity index (χ1v) is 6.58. The lowest BCUT2D eigenvalue weighted by Crippen LogP contribution is -2.40. The molecule has 5 nitrogen and oxygen atoms in total. The molecule has 0 aliphatic carbocycles. The number of alkyl halides is 3. The SMILES string of the molecule is O=C(c1cc(Cl)c(Cl)[nH]1)N(CCC(F)(F)F)C[C@H](O)CO. The third-order valence-electron chi connectivity index (χ3n) is 2.55. The second-order valence-corrected chi connectivity index (χ2v) is 5.08. The lowest BCUT2D eigenvalue weighted by atomic mass is 10.2. The van der Waals surface area contributed by atoms with E-state index in [9.17, 15) is 23.1 Å². The van der Waals surface area contributed by atoms with Crippen LogP contribution in [0, 0.1) is 0 Å². The van der Waals surface area contributed by atoms with Crippen molar-refractivity contribution in [3.8, 4) is 0 Å². The van der Waals surface area contributed by atoms with Gasteiger partial charge >= 0.3 is 6.18 Å². The van der Waals surface area contributed by atoms with Crippen molar-refractivity contribution >= 4 is 29.1 Å². The molecule has 0 spiro atoms. The molecule has 10 heteroatoms. The second-order valence-electron chi connectivity index (χ2n) is 4.30. The normalized spacial score (nSPS) is 13.3. The molecular formula is C11H13Cl2F3N2O3. The highest BCUT2D eigenvalue weighted by Gasteiger charge is 2.30. The van der Waals surface area contributed by atoms with Gasteiger partial charge in [-0.1, -0.05) is 23.2 Å². The van der Waals surface area contributed by atoms with Crippen LogP contribution in [0.15, 0.2) is 6.07 Å². The van der Waals surface area contributed by atoms with E-state index in [0.717, 1.165) is 4.90 Å². The highest BCUT2D eigenvalue weighted by atomic mass is 35.5. The van der Waals surface area contributed by atoms with Gasteiger partial charge in [0.05, 0.1) is 24.2 Å². The number of aromatic nitrogens is 1. The first-order chi connectivity index (χ1) is 9.64. The minimum Gasteiger partial charge on any atom is -0.394 e. The van der Waals surface area contributed by atoms with Gasteiger partial charge in [-0.05, 0) is 6.07 Å². The predicted molar refractivity (Wildman–Crippen MR) is 70.5 cm³/mol. The van der Waals surface area contributed by atoms with Crippen molar-refractivity contribution in [1.29, 1.82) is 0 Å². The van der Waals surface area contributed by atoms with Gasteiger partial charge in [0.1, 0.15) is 10.8 Å². The largest absolute Gasteiger partial charge is 0.394 e. The van der Waals surface area contributed by atoms with Crippen LogP contribution in [0.4, 0.5) is 13.2 Å². The fraction of sp³-hybridized carbons (Fsp3) is 0.545. The average Bonchev–Trinajstić information content (AvgIpc) is 2.72. The van der Waals surface area contributed by atoms with Crippen molar-refractivity contribution in [3.63, 3.8) is 0 Å². The van der Waals surface area contributed by atoms with Crippen LogP contribution in [0.2, 0.25) is 10.2 Å². The number of carbonyl (C=O) groups is 1. The number of aliphatic hydroxyl groups excluding tert-OH is 2. The van der Waals surface area contributed by atoms with Crippen LogP contribution in [0.5, 0.6) is 0 Å². The highest BCUT2D eigenvalue weighted by molar-refractivity contribution is 6.41. The molecule has 0 unspecified atom stereocenters. The van der Waals surface area contributed by atoms with Gasteiger partial charge in [0.25, 0.3) is 5.91 Å². The van der Waals surface area contributed by atoms with E-state index in [1.165, 1.54) is 6.07 Å². The number of amides is 1. The Morgan fingerprint density at radius 1 is 1.43 bits per heavy atom. The zero-order valence-corrected chi connectivity index (χ0v) is 12.1. The first kappa shape index (κ1) is 18.1. The molecule has 1 atom stereocenters. The summed E-state index contributed by atoms with van der Waals surface area (Å²) < 4.78 is 36.8. The van der Waals surface area contributed by atoms with Crippen molar-refractivity contribution < 1.29 is 28.2 Å². The number of hydrogen-bond acceptors (Lipinski definition) is 3. The van der Waals surface area contributed by atoms with Crippen LogP contribution < -0.4 is 0 Å². The molecule has 1 heterocycles. The molecule has 1 aromatic heterocycles. The maximum Gasteiger partial charge on any atom is 0.390 e. The van der Waals surface area contributed by atoms with Crippen molar-refractivity contribution in [3.05, 3.63) is 21.9 Å². The Morgan fingerprint density at radius 3 is 2.48 bits per heavy atom. The fourth-order valence-corrected chi connectivity index (χ4v) is 1.85. The zero-order chi connectivity index (χ0) is 16.2. The molecule has 0 saturated carbocycles. The summed E-state index contributed by atoms with van der Waals surface area (Å²) in [6, 6.07) is 1.18. The van der Waals surface area contributed by atoms with E-state index in [1.54, 1.807) is 0 Å². The number of nitrogens with zero attached hydrogens (tertiary/aromatic N) is 1. The summed E-state index contributed by atoms with van der Waals surface area (Å²) in [5.74, 6) is -0.805. The van der Waals surface area contributed by atoms with Crippen LogP contribution in [0.25, 0.3) is 0 Å². The van der Waals surface area contributed by atoms with E-state index >= 15 is 0 Å². The van der Waals surface area contributed by atoms with Gasteiger partial charge < -0.3 is 20.1 Å². The Kier molecular flexibility index (Phi) is 6.33. The molecule has 0 radical (unpaired) electrons. The number of rotatable bonds is 6. The lowest BCUT2D eigenvalue weighted by molar-refractivity contribution is -0.137. The summed E-state index contributed by atoms with van der Waals surface area (Å²) in [6.45, 7) is -1.78. The molecule has 3 N–H and O–H groups in total. The minimum absolute atomic E-state index is 0.0153. The molecule has 0 fully saturated rings. The molecule has 0 aliphatic rings. The van der Waals surface area contributed by atoms with Crippen LogP contribution in [0.1, 0.15) is 16.9 Å². The molecule has 120 valence electrons. The lowest BCUT2D eigenvalue weighted by Gasteiger charge is -2.24. The number of nitrogens with one attached hydrogen (secondary N) is 1. The maximum absolute atomic E-state index is 12.3. The molecule has 0 saturated heterocycles. The van der Waals surface area contributed by atoms with Gasteiger partial charge in [-0.3, -0.25) is 4.79 Å². The van der Waals surface area contributed by atoms with Crippen molar-refractivity contribution in [2.75, 3.05) is 19.7 Å². The summed E-state index contributed by atoms with van der Waals surface area (Å²) in [4.78, 5) is 15.3. The molecule has 0 bridgehead atoms. The molecule has 0 aromatic carbocycles. The Morgan fingerprint density at radius 2 is 2.05 bits per heavy atom. The topological polar surface area (TPSA) is 76.6 Å². The average molecular weight is 349 g/mol. The quantitative estimate of drug-likeness (QED) is 0.736. The number of aromatic amines is 1. The van der Waals surface area contributed by atoms with Crippen molar-refractivity contribution in [1.82, 2.24) is 9.88 Å². The Labute approximate surface area is 128 Å². The van der Waals surface area contributed by atoms with Gasteiger partial charge in [-0.25, -0.2) is 0 Å². The number of hydrogen-bond donors (Lipinski definition) is 3. The van der Waals surface area contributed by atoms with Crippen LogP contribution in [-0.2, 0) is 0 Å². The summed E-state index contributed by atoms with van der Waals surface area (Å²) in [5, 5.41) is 18.1. The molecule has 0 aliphatic heterocycles. The van der Waals surface area contributed by atoms with E-state index in [2.05, 4.69) is 4.98 Å². The molecule has 1 amide bonds. The van der Waals surface area contributed by atoms with E-state index < -0.39 is 44.3 Å². The van der Waals surface area contributed by atoms with Gasteiger partial charge in [0.2, 0.25) is 0 Å². The van der Waals surface area contributed by atoms with Crippen molar-refractivity contribution in [2.24, 2.45) is 0 Å². The van der Waals surface area contributed by atoms with E-state index in [0.29, 0.717) is 0 Å². The first-order valence-electron chi connectivity index (χ1n) is 5.83. The van der Waals surface area contributed by atoms with Gasteiger partial charge in [-0.15, -0.1) is 0 Å². The number of H-pyrrole nitrogens is 1. The van der Waals surface area contributed by atoms with E-state index in [1.807, 2.05) is 0 Å². The van der Waals surface area contributed by atoms with Gasteiger partial charge in [-0.2, -0.15) is 13.2 Å². The zero-order valence-electron chi connectivity index (χ0n) is 10.6. The summed E-state index contributed by atoms with van der Waals surface area (Å²) in [7, 11) is 0. The Hall–Kier alpha value is -0.960. The monoisotopic (exact) mass is 348 g/mol. The van der Waals surface area contributed by atoms with Crippen LogP contribution >= 0.6 is 23.2 Å². The van der Waals surface area contributed by atoms with Gasteiger partial charge in [0, 0.05) is 13.1 Å². The number of aliphatic hydroxyl groups is 2. The highest BCUT2D eigenvalue weighted by Crippen LogP contribution is 2.24. The third-order valence-corrected chi connectivity index (χ3v) is 3.24. The van der Waals surface area contributed by atoms with Crippen molar-refractivity contribution in [2.45, 2.75) is 18.7 Å². The molecule has 1 aromatic rings. The molecular weight excluding hydrogens is 336 g/mol. The third kappa shape index (κ3) is 5.74. The second kappa shape index (κ2) is 7.35. The Bertz CT molecular complexity index is 474. The summed E-state index contributed by atoms with van der Waals surface area (Å²) in [6.07, 6.45) is -7.03. The molecule has 1 rings (SSSR count). The summed E-state index contributed by atoms with van der Waals surface area (Å²) >= 11 is 11.3. The van der Waals surface area contributed by atoms with E-state index in [-0.39, 0.29) is 15.9 Å². The predicted octanol–water partition coefficient (Wildman–Crippen LogP) is 2.07. The molecule has 21 heavy (non-hydrogen) atoms. The Balaban J connectivity index is 2.86. The standard InChI is InChI=1S/C11H13Cl2F3N2O3/c12-7-3-8(17-9(7)13)10(21)18(4-6(20)5-19)2-1-11(14,15)16/h3,6,17,19-20H,1-2,4-5H2/t6-/m0/s1. The van der Waals surface area contributed by atoms with Crippen LogP contribution in [-0.4, -0.2) is 58.0 Å². The number of halogens is 5. The van der Waals surface area contributed by atoms with Crippen LogP contribution in [0.3, 0.4) is 0 Å². The number of carbonyl (C=O) groups excluding carboxylic acids is 1.